The number of nitrogens with two attached hydrogens (primary N) is 7. The van der Waals surface area contributed by atoms with Crippen molar-refractivity contribution in [2.45, 2.75) is 185 Å². The molecule has 8 atom stereocenters. The number of amides is 9. The number of guanidine groups is 2. The lowest BCUT2D eigenvalue weighted by molar-refractivity contribution is -0.157. The van der Waals surface area contributed by atoms with E-state index >= 15 is 9.59 Å². The van der Waals surface area contributed by atoms with Gasteiger partial charge < -0.3 is 76.4 Å². The maximum absolute atomic E-state index is 15.1. The van der Waals surface area contributed by atoms with Gasteiger partial charge in [-0.3, -0.25) is 63.2 Å². The molecule has 27 nitrogen and oxygen atoms in total. The predicted octanol–water partition coefficient (Wildman–Crippen LogP) is -0.823. The summed E-state index contributed by atoms with van der Waals surface area (Å²) in [6.45, 7) is 7.39. The van der Waals surface area contributed by atoms with Gasteiger partial charge in [0, 0.05) is 32.5 Å². The lowest BCUT2D eigenvalue weighted by atomic mass is 9.48. The molecule has 4 saturated carbocycles. The maximum Gasteiger partial charge on any atom is 0.254 e. The molecule has 1 saturated heterocycles. The first-order chi connectivity index (χ1) is 42.3. The van der Waals surface area contributed by atoms with Gasteiger partial charge >= 0.3 is 0 Å². The second kappa shape index (κ2) is 32.3. The van der Waals surface area contributed by atoms with E-state index in [2.05, 4.69) is 41.9 Å². The number of ketones is 1. The number of hydrogen-bond donors (Lipinski definition) is 13. The Morgan fingerprint density at radius 3 is 1.79 bits per heavy atom. The lowest BCUT2D eigenvalue weighted by Gasteiger charge is -2.57. The Labute approximate surface area is 520 Å². The van der Waals surface area contributed by atoms with E-state index in [9.17, 15) is 38.4 Å². The number of primary amides is 2. The zero-order valence-corrected chi connectivity index (χ0v) is 51.8. The molecule has 2 aromatic carbocycles. The summed E-state index contributed by atoms with van der Waals surface area (Å²) < 4.78 is 5.50. The molecule has 9 amide bonds. The summed E-state index contributed by atoms with van der Waals surface area (Å²) in [5.74, 6) is -6.72. The number of benzene rings is 2. The summed E-state index contributed by atoms with van der Waals surface area (Å²) in [4.78, 5) is 148. The molecule has 27 heteroatoms. The summed E-state index contributed by atoms with van der Waals surface area (Å²) in [6, 6.07) is 7.12. The van der Waals surface area contributed by atoms with Crippen LogP contribution in [-0.4, -0.2) is 150 Å². The third kappa shape index (κ3) is 19.4. The van der Waals surface area contributed by atoms with Crippen molar-refractivity contribution in [3.8, 4) is 5.75 Å². The van der Waals surface area contributed by atoms with Crippen LogP contribution in [0.3, 0.4) is 0 Å². The average molecular weight is 1240 g/mol. The van der Waals surface area contributed by atoms with Crippen molar-refractivity contribution in [3.05, 3.63) is 65.7 Å². The standard InChI is InChI=1S/C62H94N16O11/c1-5-42(63)57(87)78-24-12-21-62(78,48(79)34-61-31-38-25-39(32-61)27-40(26-38)33-61)58(88)75-45(16-11-22-70-59(67)68)53(83)72-44(51(66)81)15-10-23-71-60(69)77-55(85)47(30-49(65)80)74-56(86)50(35(3)4)76-54(84)46(29-36-13-8-7-9-14-36)73-52(82)43(64)28-37-17-19-41(20-18-37)89-6-2/h7-9,13-14,17-20,35,38-40,42-47,50H,5-6,10-12,15-16,21-34,63-64H2,1-4H3,(H2,65,80)(H2,66,81)(H,72,83)(H,73,82)(H,74,86)(H,75,88)(H,76,84)(H4,67,68,70)(H3,69,71,77,85)/t38?,39?,40?,42?,43-,44-,45-,46-,47-,50-,61?,62+/m0/s1. The van der Waals surface area contributed by atoms with Gasteiger partial charge in [-0.1, -0.05) is 63.2 Å². The van der Waals surface area contributed by atoms with Gasteiger partial charge in [-0.05, 0) is 149 Å². The van der Waals surface area contributed by atoms with E-state index in [1.54, 1.807) is 75.4 Å². The van der Waals surface area contributed by atoms with Gasteiger partial charge in [0.25, 0.3) is 5.91 Å². The van der Waals surface area contributed by atoms with E-state index in [-0.39, 0.29) is 94.6 Å². The first-order valence-corrected chi connectivity index (χ1v) is 31.1. The van der Waals surface area contributed by atoms with Gasteiger partial charge in [-0.25, -0.2) is 0 Å². The quantitative estimate of drug-likeness (QED) is 0.0176. The van der Waals surface area contributed by atoms with Crippen LogP contribution in [0.25, 0.3) is 0 Å². The second-order valence-corrected chi connectivity index (χ2v) is 24.9. The monoisotopic (exact) mass is 1240 g/mol. The zero-order valence-electron chi connectivity index (χ0n) is 51.8. The third-order valence-electron chi connectivity index (χ3n) is 17.6. The summed E-state index contributed by atoms with van der Waals surface area (Å²) in [7, 11) is 0. The highest BCUT2D eigenvalue weighted by Crippen LogP contribution is 2.62. The highest BCUT2D eigenvalue weighted by Gasteiger charge is 2.60. The molecule has 0 radical (unpaired) electrons. The molecule has 0 spiro atoms. The lowest BCUT2D eigenvalue weighted by Crippen LogP contribution is -2.67. The van der Waals surface area contributed by atoms with Crippen LogP contribution in [0.4, 0.5) is 0 Å². The van der Waals surface area contributed by atoms with Gasteiger partial charge in [-0.15, -0.1) is 0 Å². The minimum atomic E-state index is -1.94. The molecule has 5 fully saturated rings. The minimum absolute atomic E-state index is 0.0259. The normalized spacial score (nSPS) is 22.4. The van der Waals surface area contributed by atoms with Gasteiger partial charge in [0.2, 0.25) is 47.3 Å². The number of carbonyl (C=O) groups excluding carboxylic acids is 10. The zero-order chi connectivity index (χ0) is 65.2. The molecule has 7 rings (SSSR count). The highest BCUT2D eigenvalue weighted by molar-refractivity contribution is 6.14. The molecule has 5 aliphatic rings. The number of nitrogens with zero attached hydrogens (tertiary/aromatic N) is 3. The molecule has 1 unspecified atom stereocenters. The van der Waals surface area contributed by atoms with Crippen LogP contribution in [0.15, 0.2) is 64.6 Å². The maximum atomic E-state index is 15.1. The molecule has 2 aromatic rings. The summed E-state index contributed by atoms with van der Waals surface area (Å²) in [6.07, 6.45) is 6.37. The molecule has 488 valence electrons. The fourth-order valence-corrected chi connectivity index (χ4v) is 13.5. The SMILES string of the molecule is CCOc1ccc(C[C@H](N)C(=O)N[C@@H](Cc2ccccc2)C(=O)N[C@H](C(=O)N[C@@H](CC(N)=O)C(=O)NC(N)=NCCC[C@H](NC(=O)[C@H](CCCN=C(N)N)NC(=O)[C@]2(C(=O)CC34CC5CC(CC(C5)C3)C4)CCCN2C(=O)C(N)CC)C(N)=O)C(C)C)cc1. The number of carbonyl (C=O) groups is 10. The summed E-state index contributed by atoms with van der Waals surface area (Å²) >= 11 is 0. The number of hydrogen-bond acceptors (Lipinski definition) is 15. The molecule has 4 aliphatic carbocycles. The Kier molecular flexibility index (Phi) is 25.4. The molecular weight excluding hydrogens is 1140 g/mol. The number of likely N-dealkylation sites (tertiary alicyclic amines) is 1. The number of ether oxygens (including phenoxy) is 1. The van der Waals surface area contributed by atoms with Gasteiger partial charge in [0.05, 0.1) is 25.1 Å². The second-order valence-electron chi connectivity index (χ2n) is 24.9. The molecule has 0 aromatic heterocycles. The molecule has 1 aliphatic heterocycles. The van der Waals surface area contributed by atoms with Crippen molar-refractivity contribution in [3.63, 3.8) is 0 Å². The van der Waals surface area contributed by atoms with E-state index in [4.69, 9.17) is 44.9 Å². The van der Waals surface area contributed by atoms with Crippen molar-refractivity contribution in [2.24, 2.45) is 79.2 Å². The van der Waals surface area contributed by atoms with E-state index in [0.717, 1.165) is 44.1 Å². The topological polar surface area (TPSA) is 462 Å². The number of aliphatic imine (C=N–C) groups is 2. The van der Waals surface area contributed by atoms with E-state index < -0.39 is 119 Å². The van der Waals surface area contributed by atoms with Crippen molar-refractivity contribution in [1.29, 1.82) is 0 Å². The van der Waals surface area contributed by atoms with E-state index in [1.807, 2.05) is 6.92 Å². The largest absolute Gasteiger partial charge is 0.494 e. The average Bonchev–Trinajstić information content (AvgIpc) is 1.75. The van der Waals surface area contributed by atoms with Gasteiger partial charge in [-0.2, -0.15) is 0 Å². The third-order valence-corrected chi connectivity index (χ3v) is 17.6. The summed E-state index contributed by atoms with van der Waals surface area (Å²) in [5, 5.41) is 15.7. The Balaban J connectivity index is 1.09. The Morgan fingerprint density at radius 1 is 0.640 bits per heavy atom. The fourth-order valence-electron chi connectivity index (χ4n) is 13.5. The Bertz CT molecular complexity index is 2870. The molecule has 89 heavy (non-hydrogen) atoms. The number of rotatable bonds is 34. The first-order valence-electron chi connectivity index (χ1n) is 31.1. The minimum Gasteiger partial charge on any atom is -0.494 e. The van der Waals surface area contributed by atoms with E-state index in [0.29, 0.717) is 42.1 Å². The Morgan fingerprint density at radius 2 is 1.21 bits per heavy atom. The molecule has 20 N–H and O–H groups in total. The molecular formula is C62H94N16O11. The predicted molar refractivity (Wildman–Crippen MR) is 333 cm³/mol. The van der Waals surface area contributed by atoms with Crippen LogP contribution < -0.4 is 76.8 Å². The van der Waals surface area contributed by atoms with Crippen molar-refractivity contribution in [2.75, 3.05) is 26.2 Å². The number of nitrogens with one attached hydrogen (secondary N) is 6. The van der Waals surface area contributed by atoms with Crippen LogP contribution in [0.5, 0.6) is 5.75 Å². The first kappa shape index (κ1) is 69.9. The highest BCUT2D eigenvalue weighted by atomic mass is 16.5. The van der Waals surface area contributed by atoms with Crippen LogP contribution in [0.1, 0.15) is 135 Å². The smallest absolute Gasteiger partial charge is 0.254 e. The van der Waals surface area contributed by atoms with Crippen LogP contribution >= 0.6 is 0 Å². The molecule has 1 heterocycles. The number of Topliss-reactive ketones (excluding diaryl/α,β-unsaturated/α-hetero) is 1. The van der Waals surface area contributed by atoms with Crippen molar-refractivity contribution >= 4 is 70.9 Å². The van der Waals surface area contributed by atoms with Gasteiger partial charge in [0.15, 0.2) is 23.2 Å². The van der Waals surface area contributed by atoms with Gasteiger partial charge in [0.1, 0.15) is 36.0 Å². The van der Waals surface area contributed by atoms with Crippen LogP contribution in [0.2, 0.25) is 0 Å². The van der Waals surface area contributed by atoms with Crippen LogP contribution in [-0.2, 0) is 60.8 Å². The van der Waals surface area contributed by atoms with Crippen molar-refractivity contribution < 1.29 is 52.7 Å². The van der Waals surface area contributed by atoms with E-state index in [1.165, 1.54) is 4.90 Å². The Hall–Kier alpha value is -8.20. The van der Waals surface area contributed by atoms with Crippen LogP contribution in [0, 0.1) is 29.1 Å². The van der Waals surface area contributed by atoms with Crippen molar-refractivity contribution in [1.82, 2.24) is 36.8 Å². The summed E-state index contributed by atoms with van der Waals surface area (Å²) in [5.41, 5.74) is 40.4. The molecule has 4 bridgehead atoms. The fraction of sp³-hybridized carbons (Fsp3) is 0.613.